The van der Waals surface area contributed by atoms with Gasteiger partial charge in [0, 0.05) is 16.6 Å². The predicted octanol–water partition coefficient (Wildman–Crippen LogP) is 4.14. The Morgan fingerprint density at radius 1 is 0.947 bits per heavy atom. The Morgan fingerprint density at radius 2 is 1.63 bits per heavy atom. The summed E-state index contributed by atoms with van der Waals surface area (Å²) < 4.78 is 0. The van der Waals surface area contributed by atoms with Crippen molar-refractivity contribution < 1.29 is 0 Å². The van der Waals surface area contributed by atoms with E-state index in [1.54, 1.807) is 12.1 Å². The molecule has 0 aliphatic heterocycles. The first-order valence-corrected chi connectivity index (χ1v) is 6.80. The molecule has 0 saturated carbocycles. The lowest BCUT2D eigenvalue weighted by Gasteiger charge is -2.07. The predicted molar refractivity (Wildman–Crippen MR) is 78.5 cm³/mol. The summed E-state index contributed by atoms with van der Waals surface area (Å²) in [4.78, 5) is 11.4. The van der Waals surface area contributed by atoms with Crippen LogP contribution < -0.4 is 5.32 Å². The van der Waals surface area contributed by atoms with Crippen molar-refractivity contribution in [1.82, 2.24) is 15.0 Å². The molecule has 0 aliphatic rings. The number of hydrogen-bond acceptors (Lipinski definition) is 4. The van der Waals surface area contributed by atoms with Crippen molar-refractivity contribution in [2.75, 3.05) is 11.9 Å². The summed E-state index contributed by atoms with van der Waals surface area (Å²) in [6.45, 7) is 0.581. The fourth-order valence-corrected chi connectivity index (χ4v) is 2.30. The second kappa shape index (κ2) is 6.57. The second-order valence-electron chi connectivity index (χ2n) is 3.61. The highest BCUT2D eigenvalue weighted by Gasteiger charge is 2.04. The fourth-order valence-electron chi connectivity index (χ4n) is 1.44. The molecule has 0 amide bonds. The molecule has 0 saturated heterocycles. The van der Waals surface area contributed by atoms with Crippen LogP contribution in [0.2, 0.25) is 20.6 Å². The Kier molecular flexibility index (Phi) is 5.05. The summed E-state index contributed by atoms with van der Waals surface area (Å²) in [7, 11) is 0. The van der Waals surface area contributed by atoms with Crippen LogP contribution in [0.15, 0.2) is 18.2 Å². The highest BCUT2D eigenvalue weighted by molar-refractivity contribution is 6.35. The van der Waals surface area contributed by atoms with Gasteiger partial charge in [0.05, 0.1) is 0 Å². The first-order chi connectivity index (χ1) is 9.04. The van der Waals surface area contributed by atoms with E-state index in [1.165, 1.54) is 0 Å². The van der Waals surface area contributed by atoms with Gasteiger partial charge in [0.1, 0.15) is 0 Å². The fraction of sp³-hybridized carbons (Fsp3) is 0.182. The van der Waals surface area contributed by atoms with Crippen molar-refractivity contribution in [3.8, 4) is 0 Å². The van der Waals surface area contributed by atoms with Gasteiger partial charge in [-0.05, 0) is 47.3 Å². The van der Waals surface area contributed by atoms with Crippen molar-refractivity contribution in [3.63, 3.8) is 0 Å². The highest BCUT2D eigenvalue weighted by atomic mass is 35.5. The molecule has 8 heteroatoms. The topological polar surface area (TPSA) is 50.7 Å². The van der Waals surface area contributed by atoms with E-state index in [2.05, 4.69) is 20.3 Å². The molecule has 1 aromatic heterocycles. The van der Waals surface area contributed by atoms with Gasteiger partial charge in [-0.15, -0.1) is 0 Å². The van der Waals surface area contributed by atoms with E-state index < -0.39 is 0 Å². The SMILES string of the molecule is Clc1ccc(CCNc2nc(Cl)nc(Cl)n2)c(Cl)c1. The van der Waals surface area contributed by atoms with Gasteiger partial charge < -0.3 is 5.32 Å². The number of halogens is 4. The lowest BCUT2D eigenvalue weighted by molar-refractivity contribution is 0.963. The summed E-state index contributed by atoms with van der Waals surface area (Å²) >= 11 is 23.2. The van der Waals surface area contributed by atoms with Crippen molar-refractivity contribution in [2.45, 2.75) is 6.42 Å². The van der Waals surface area contributed by atoms with Gasteiger partial charge in [-0.2, -0.15) is 15.0 Å². The minimum Gasteiger partial charge on any atom is -0.354 e. The third-order valence-corrected chi connectivity index (χ3v) is 3.20. The molecule has 1 aromatic carbocycles. The minimum absolute atomic E-state index is 0.0482. The molecular weight excluding hydrogens is 330 g/mol. The maximum absolute atomic E-state index is 6.07. The standard InChI is InChI=1S/C11H8Cl4N4/c12-7-2-1-6(8(13)5-7)3-4-16-11-18-9(14)17-10(15)19-11/h1-2,5H,3-4H2,(H,16,17,18,19). The third-order valence-electron chi connectivity index (χ3n) is 2.27. The Bertz CT molecular complexity index is 571. The van der Waals surface area contributed by atoms with E-state index in [4.69, 9.17) is 46.4 Å². The van der Waals surface area contributed by atoms with Crippen molar-refractivity contribution in [3.05, 3.63) is 44.4 Å². The van der Waals surface area contributed by atoms with Crippen LogP contribution in [0.3, 0.4) is 0 Å². The van der Waals surface area contributed by atoms with Gasteiger partial charge in [-0.25, -0.2) is 0 Å². The van der Waals surface area contributed by atoms with Crippen LogP contribution in [0.25, 0.3) is 0 Å². The van der Waals surface area contributed by atoms with Gasteiger partial charge in [-0.3, -0.25) is 0 Å². The van der Waals surface area contributed by atoms with E-state index in [0.717, 1.165) is 5.56 Å². The Hall–Kier alpha value is -0.810. The van der Waals surface area contributed by atoms with Gasteiger partial charge in [0.25, 0.3) is 0 Å². The number of anilines is 1. The van der Waals surface area contributed by atoms with Crippen LogP contribution in [-0.2, 0) is 6.42 Å². The second-order valence-corrected chi connectivity index (χ2v) is 5.13. The summed E-state index contributed by atoms with van der Waals surface area (Å²) in [6, 6.07) is 5.37. The van der Waals surface area contributed by atoms with Crippen molar-refractivity contribution in [2.24, 2.45) is 0 Å². The molecule has 0 unspecified atom stereocenters. The zero-order valence-corrected chi connectivity index (χ0v) is 12.5. The minimum atomic E-state index is 0.0482. The lowest BCUT2D eigenvalue weighted by Crippen LogP contribution is -2.09. The monoisotopic (exact) mass is 336 g/mol. The van der Waals surface area contributed by atoms with Crippen molar-refractivity contribution in [1.29, 1.82) is 0 Å². The van der Waals surface area contributed by atoms with E-state index in [1.807, 2.05) is 6.07 Å². The van der Waals surface area contributed by atoms with Gasteiger partial charge in [0.15, 0.2) is 0 Å². The molecule has 2 rings (SSSR count). The largest absolute Gasteiger partial charge is 0.354 e. The molecule has 4 nitrogen and oxygen atoms in total. The molecular formula is C11H8Cl4N4. The first kappa shape index (κ1) is 14.6. The van der Waals surface area contributed by atoms with Crippen LogP contribution in [0.4, 0.5) is 5.95 Å². The van der Waals surface area contributed by atoms with Crippen LogP contribution in [0.5, 0.6) is 0 Å². The number of rotatable bonds is 4. The average Bonchev–Trinajstić information content (AvgIpc) is 2.30. The summed E-state index contributed by atoms with van der Waals surface area (Å²) in [5.41, 5.74) is 0.977. The number of nitrogens with one attached hydrogen (secondary N) is 1. The quantitative estimate of drug-likeness (QED) is 0.910. The van der Waals surface area contributed by atoms with Crippen LogP contribution in [0, 0.1) is 0 Å². The maximum Gasteiger partial charge on any atom is 0.228 e. The number of hydrogen-bond donors (Lipinski definition) is 1. The number of aromatic nitrogens is 3. The Labute approximate surface area is 130 Å². The molecule has 0 aliphatic carbocycles. The Morgan fingerprint density at radius 3 is 2.26 bits per heavy atom. The zero-order valence-electron chi connectivity index (χ0n) is 9.50. The van der Waals surface area contributed by atoms with Gasteiger partial charge in [0.2, 0.25) is 16.5 Å². The van der Waals surface area contributed by atoms with Crippen LogP contribution in [0.1, 0.15) is 5.56 Å². The summed E-state index contributed by atoms with van der Waals surface area (Å²) in [5.74, 6) is 0.329. The van der Waals surface area contributed by atoms with Gasteiger partial charge >= 0.3 is 0 Å². The first-order valence-electron chi connectivity index (χ1n) is 5.29. The Balaban J connectivity index is 1.96. The molecule has 0 radical (unpaired) electrons. The molecule has 0 bridgehead atoms. The van der Waals surface area contributed by atoms with E-state index in [0.29, 0.717) is 29.0 Å². The molecule has 2 aromatic rings. The van der Waals surface area contributed by atoms with Crippen LogP contribution >= 0.6 is 46.4 Å². The van der Waals surface area contributed by atoms with Crippen LogP contribution in [-0.4, -0.2) is 21.5 Å². The molecule has 1 heterocycles. The lowest BCUT2D eigenvalue weighted by atomic mass is 10.1. The smallest absolute Gasteiger partial charge is 0.228 e. The molecule has 0 atom stereocenters. The van der Waals surface area contributed by atoms with E-state index in [-0.39, 0.29) is 10.6 Å². The molecule has 100 valence electrons. The number of benzene rings is 1. The van der Waals surface area contributed by atoms with E-state index in [9.17, 15) is 0 Å². The van der Waals surface area contributed by atoms with Gasteiger partial charge in [-0.1, -0.05) is 29.3 Å². The summed E-state index contributed by atoms with van der Waals surface area (Å²) in [5, 5.41) is 4.33. The maximum atomic E-state index is 6.07. The van der Waals surface area contributed by atoms with Crippen molar-refractivity contribution >= 4 is 52.4 Å². The highest BCUT2D eigenvalue weighted by Crippen LogP contribution is 2.21. The molecule has 0 spiro atoms. The number of nitrogens with zero attached hydrogens (tertiary/aromatic N) is 3. The molecule has 0 fully saturated rings. The normalized spacial score (nSPS) is 10.5. The van der Waals surface area contributed by atoms with E-state index >= 15 is 0 Å². The average molecular weight is 338 g/mol. The zero-order chi connectivity index (χ0) is 13.8. The molecule has 1 N–H and O–H groups in total. The molecule has 19 heavy (non-hydrogen) atoms. The third kappa shape index (κ3) is 4.35. The summed E-state index contributed by atoms with van der Waals surface area (Å²) in [6.07, 6.45) is 0.691.